The Morgan fingerprint density at radius 1 is 1.00 bits per heavy atom. The quantitative estimate of drug-likeness (QED) is 0.660. The van der Waals surface area contributed by atoms with E-state index in [0.29, 0.717) is 36.0 Å². The minimum atomic E-state index is -0.254. The molecule has 5 rings (SSSR count). The number of amides is 3. The molecule has 0 spiro atoms. The van der Waals surface area contributed by atoms with Crippen LogP contribution in [0.2, 0.25) is 0 Å². The van der Waals surface area contributed by atoms with Gasteiger partial charge in [0.05, 0.1) is 6.04 Å². The summed E-state index contributed by atoms with van der Waals surface area (Å²) in [6.07, 6.45) is 2.14. The molecule has 10 heteroatoms. The van der Waals surface area contributed by atoms with Gasteiger partial charge >= 0.3 is 6.03 Å². The summed E-state index contributed by atoms with van der Waals surface area (Å²) in [5.41, 5.74) is 3.20. The predicted octanol–water partition coefficient (Wildman–Crippen LogP) is 3.10. The summed E-state index contributed by atoms with van der Waals surface area (Å²) < 4.78 is 1.68. The number of hydrogen-bond donors (Lipinski definition) is 1. The second-order valence-electron chi connectivity index (χ2n) is 8.72. The van der Waals surface area contributed by atoms with E-state index >= 15 is 0 Å². The molecule has 2 aliphatic heterocycles. The van der Waals surface area contributed by atoms with Gasteiger partial charge in [-0.15, -0.1) is 5.10 Å². The number of rotatable bonds is 4. The fourth-order valence-corrected chi connectivity index (χ4v) is 4.31. The SMILES string of the molecule is CC(C)n1nnnc1-c1cccc(NC(=O)c2ccc3c(c2)CN(C(=O)N2CCCC2)C3)n1. The van der Waals surface area contributed by atoms with E-state index in [9.17, 15) is 9.59 Å². The van der Waals surface area contributed by atoms with Crippen molar-refractivity contribution < 1.29 is 9.59 Å². The molecule has 0 bridgehead atoms. The number of urea groups is 1. The number of anilines is 1. The van der Waals surface area contributed by atoms with Crippen molar-refractivity contribution in [3.05, 3.63) is 53.1 Å². The molecule has 0 unspecified atom stereocenters. The highest BCUT2D eigenvalue weighted by atomic mass is 16.2. The summed E-state index contributed by atoms with van der Waals surface area (Å²) in [7, 11) is 0. The van der Waals surface area contributed by atoms with Gasteiger partial charge in [0, 0.05) is 31.7 Å². The zero-order valence-corrected chi connectivity index (χ0v) is 18.7. The second-order valence-corrected chi connectivity index (χ2v) is 8.72. The molecular formula is C23H26N8O2. The summed E-state index contributed by atoms with van der Waals surface area (Å²) in [5, 5.41) is 14.7. The Morgan fingerprint density at radius 2 is 1.79 bits per heavy atom. The van der Waals surface area contributed by atoms with Gasteiger partial charge in [-0.3, -0.25) is 4.79 Å². The van der Waals surface area contributed by atoms with Crippen molar-refractivity contribution in [3.8, 4) is 11.5 Å². The minimum absolute atomic E-state index is 0.0818. The van der Waals surface area contributed by atoms with E-state index in [0.717, 1.165) is 37.1 Å². The molecule has 170 valence electrons. The smallest absolute Gasteiger partial charge is 0.320 e. The van der Waals surface area contributed by atoms with Crippen molar-refractivity contribution in [2.24, 2.45) is 0 Å². The Labute approximate surface area is 191 Å². The molecule has 3 aromatic rings. The largest absolute Gasteiger partial charge is 0.325 e. The number of tetrazole rings is 1. The summed E-state index contributed by atoms with van der Waals surface area (Å²) >= 11 is 0. The first-order valence-corrected chi connectivity index (χ1v) is 11.2. The average Bonchev–Trinajstić information content (AvgIpc) is 3.58. The summed E-state index contributed by atoms with van der Waals surface area (Å²) in [6, 6.07) is 11.1. The van der Waals surface area contributed by atoms with Gasteiger partial charge < -0.3 is 15.1 Å². The van der Waals surface area contributed by atoms with E-state index in [1.165, 1.54) is 0 Å². The number of aromatic nitrogens is 5. The van der Waals surface area contributed by atoms with Crippen molar-refractivity contribution in [3.63, 3.8) is 0 Å². The van der Waals surface area contributed by atoms with E-state index < -0.39 is 0 Å². The number of pyridine rings is 1. The number of likely N-dealkylation sites (tertiary alicyclic amines) is 1. The Balaban J connectivity index is 1.29. The molecule has 33 heavy (non-hydrogen) atoms. The van der Waals surface area contributed by atoms with E-state index in [1.54, 1.807) is 16.8 Å². The number of benzene rings is 1. The molecule has 0 aliphatic carbocycles. The van der Waals surface area contributed by atoms with Crippen molar-refractivity contribution in [2.75, 3.05) is 18.4 Å². The Morgan fingerprint density at radius 3 is 2.58 bits per heavy atom. The lowest BCUT2D eigenvalue weighted by molar-refractivity contribution is 0.102. The Kier molecular flexibility index (Phi) is 5.49. The molecule has 2 aliphatic rings. The fraction of sp³-hybridized carbons (Fsp3) is 0.391. The minimum Gasteiger partial charge on any atom is -0.325 e. The van der Waals surface area contributed by atoms with Gasteiger partial charge in [-0.25, -0.2) is 14.5 Å². The second kappa shape index (κ2) is 8.61. The predicted molar refractivity (Wildman–Crippen MR) is 121 cm³/mol. The van der Waals surface area contributed by atoms with Crippen LogP contribution in [0, 0.1) is 0 Å². The monoisotopic (exact) mass is 446 g/mol. The maximum absolute atomic E-state index is 12.9. The lowest BCUT2D eigenvalue weighted by Gasteiger charge is -2.23. The Hall–Kier alpha value is -3.82. The normalized spacial score (nSPS) is 15.2. The van der Waals surface area contributed by atoms with Gasteiger partial charge in [0.2, 0.25) is 5.82 Å². The molecule has 1 saturated heterocycles. The van der Waals surface area contributed by atoms with Gasteiger partial charge in [-0.05, 0) is 72.5 Å². The van der Waals surface area contributed by atoms with Crippen LogP contribution in [0.15, 0.2) is 36.4 Å². The molecule has 0 atom stereocenters. The standard InChI is InChI=1S/C23H26N8O2/c1-15(2)31-21(26-27-28-31)19-6-5-7-20(24-19)25-22(32)16-8-9-17-13-30(14-18(17)12-16)23(33)29-10-3-4-11-29/h5-9,12,15H,3-4,10-11,13-14H2,1-2H3,(H,24,25,32). The number of carbonyl (C=O) groups is 2. The van der Waals surface area contributed by atoms with Gasteiger partial charge in [0.25, 0.3) is 5.91 Å². The summed E-state index contributed by atoms with van der Waals surface area (Å²) in [5.74, 6) is 0.707. The topological polar surface area (TPSA) is 109 Å². The highest BCUT2D eigenvalue weighted by molar-refractivity contribution is 6.04. The lowest BCUT2D eigenvalue weighted by atomic mass is 10.1. The van der Waals surface area contributed by atoms with Crippen LogP contribution >= 0.6 is 0 Å². The van der Waals surface area contributed by atoms with Crippen molar-refractivity contribution in [1.29, 1.82) is 0 Å². The first-order valence-electron chi connectivity index (χ1n) is 11.2. The zero-order valence-electron chi connectivity index (χ0n) is 18.7. The van der Waals surface area contributed by atoms with Crippen LogP contribution in [-0.4, -0.2) is 60.0 Å². The van der Waals surface area contributed by atoms with E-state index in [4.69, 9.17) is 0 Å². The van der Waals surface area contributed by atoms with Gasteiger partial charge in [-0.2, -0.15) is 0 Å². The van der Waals surface area contributed by atoms with Gasteiger partial charge in [0.1, 0.15) is 11.5 Å². The van der Waals surface area contributed by atoms with Crippen LogP contribution in [-0.2, 0) is 13.1 Å². The molecule has 1 aromatic carbocycles. The van der Waals surface area contributed by atoms with Crippen LogP contribution < -0.4 is 5.32 Å². The third-order valence-corrected chi connectivity index (χ3v) is 6.04. The highest BCUT2D eigenvalue weighted by Gasteiger charge is 2.29. The van der Waals surface area contributed by atoms with Crippen molar-refractivity contribution >= 4 is 17.8 Å². The first-order chi connectivity index (χ1) is 16.0. The third-order valence-electron chi connectivity index (χ3n) is 6.04. The van der Waals surface area contributed by atoms with E-state index in [1.807, 2.05) is 47.9 Å². The number of nitrogens with one attached hydrogen (secondary N) is 1. The summed E-state index contributed by atoms with van der Waals surface area (Å²) in [4.78, 5) is 33.9. The molecule has 0 radical (unpaired) electrons. The van der Waals surface area contributed by atoms with Crippen LogP contribution in [0.25, 0.3) is 11.5 Å². The maximum Gasteiger partial charge on any atom is 0.320 e. The molecule has 4 heterocycles. The number of nitrogens with zero attached hydrogens (tertiary/aromatic N) is 7. The first kappa shape index (κ1) is 21.0. The Bertz CT molecular complexity index is 1200. The zero-order chi connectivity index (χ0) is 22.9. The van der Waals surface area contributed by atoms with Crippen LogP contribution in [0.1, 0.15) is 54.2 Å². The molecule has 1 N–H and O–H groups in total. The van der Waals surface area contributed by atoms with E-state index in [-0.39, 0.29) is 18.0 Å². The van der Waals surface area contributed by atoms with Crippen LogP contribution in [0.4, 0.5) is 10.6 Å². The van der Waals surface area contributed by atoms with E-state index in [2.05, 4.69) is 25.8 Å². The molecule has 0 saturated carbocycles. The number of carbonyl (C=O) groups excluding carboxylic acids is 2. The molecule has 3 amide bonds. The average molecular weight is 447 g/mol. The number of hydrogen-bond acceptors (Lipinski definition) is 6. The number of fused-ring (bicyclic) bond motifs is 1. The lowest BCUT2D eigenvalue weighted by Crippen LogP contribution is -2.38. The summed E-state index contributed by atoms with van der Waals surface area (Å²) in [6.45, 7) is 6.74. The van der Waals surface area contributed by atoms with Crippen molar-refractivity contribution in [1.82, 2.24) is 35.0 Å². The third kappa shape index (κ3) is 4.15. The maximum atomic E-state index is 12.9. The molecule has 1 fully saturated rings. The van der Waals surface area contributed by atoms with Crippen LogP contribution in [0.5, 0.6) is 0 Å². The van der Waals surface area contributed by atoms with Gasteiger partial charge in [-0.1, -0.05) is 12.1 Å². The molecular weight excluding hydrogens is 420 g/mol. The highest BCUT2D eigenvalue weighted by Crippen LogP contribution is 2.26. The van der Waals surface area contributed by atoms with Gasteiger partial charge in [0.15, 0.2) is 0 Å². The molecule has 10 nitrogen and oxygen atoms in total. The fourth-order valence-electron chi connectivity index (χ4n) is 4.31. The van der Waals surface area contributed by atoms with Crippen molar-refractivity contribution in [2.45, 2.75) is 45.8 Å². The molecule has 2 aromatic heterocycles. The van der Waals surface area contributed by atoms with Crippen LogP contribution in [0.3, 0.4) is 0 Å².